The van der Waals surface area contributed by atoms with Crippen molar-refractivity contribution in [1.29, 1.82) is 0 Å². The molecule has 0 saturated heterocycles. The minimum atomic E-state index is -0.232. The number of nitrogens with zero attached hydrogens (tertiary/aromatic N) is 2. The largest absolute Gasteiger partial charge is 0.370 e. The van der Waals surface area contributed by atoms with Crippen LogP contribution >= 0.6 is 0 Å². The quantitative estimate of drug-likeness (QED) is 0.551. The van der Waals surface area contributed by atoms with Gasteiger partial charge in [0.1, 0.15) is 6.10 Å². The number of ether oxygens (including phenoxy) is 1. The lowest BCUT2D eigenvalue weighted by Crippen LogP contribution is -2.32. The summed E-state index contributed by atoms with van der Waals surface area (Å²) < 4.78 is 7.92. The molecule has 0 aliphatic carbocycles. The van der Waals surface area contributed by atoms with Crippen molar-refractivity contribution in [2.75, 3.05) is 13.2 Å². The van der Waals surface area contributed by atoms with Crippen molar-refractivity contribution >= 4 is 16.7 Å². The Bertz CT molecular complexity index is 1180. The van der Waals surface area contributed by atoms with Crippen LogP contribution in [0.3, 0.4) is 0 Å². The number of hydrogen-bond donors (Lipinski definition) is 1. The first kappa shape index (κ1) is 18.6. The van der Waals surface area contributed by atoms with E-state index in [-0.39, 0.29) is 12.0 Å². The highest BCUT2D eigenvalue weighted by molar-refractivity contribution is 6.07. The summed E-state index contributed by atoms with van der Waals surface area (Å²) in [6, 6.07) is 24.0. The monoisotopic (exact) mass is 397 g/mol. The third-order valence-corrected chi connectivity index (χ3v) is 5.54. The minimum absolute atomic E-state index is 0.0914. The van der Waals surface area contributed by atoms with Crippen LogP contribution in [0.5, 0.6) is 0 Å². The molecule has 5 heteroatoms. The van der Waals surface area contributed by atoms with E-state index in [9.17, 15) is 4.79 Å². The molecule has 1 aliphatic rings. The highest BCUT2D eigenvalue weighted by atomic mass is 16.5. The highest BCUT2D eigenvalue weighted by Crippen LogP contribution is 2.26. The Labute approximate surface area is 175 Å². The molecule has 0 radical (unpaired) electrons. The van der Waals surface area contributed by atoms with E-state index in [4.69, 9.17) is 9.84 Å². The molecule has 5 nitrogen and oxygen atoms in total. The highest BCUT2D eigenvalue weighted by Gasteiger charge is 2.25. The van der Waals surface area contributed by atoms with Gasteiger partial charge >= 0.3 is 0 Å². The van der Waals surface area contributed by atoms with Crippen molar-refractivity contribution in [2.24, 2.45) is 0 Å². The lowest BCUT2D eigenvalue weighted by atomic mass is 10.0. The standard InChI is InChI=1S/C25H23N3O2/c29-25(22-12-6-10-19-9-4-5-11-21(19)22)26-15-23-24-20(13-14-30-23)17-28(27-24)16-18-7-2-1-3-8-18/h1-12,17,23H,13-16H2,(H,26,29)/t23-/m1/s1. The van der Waals surface area contributed by atoms with Gasteiger partial charge in [-0.25, -0.2) is 0 Å². The van der Waals surface area contributed by atoms with Crippen LogP contribution in [-0.4, -0.2) is 28.8 Å². The Kier molecular flexibility index (Phi) is 5.03. The number of carbonyl (C=O) groups is 1. The summed E-state index contributed by atoms with van der Waals surface area (Å²) in [5.41, 5.74) is 4.01. The molecular weight excluding hydrogens is 374 g/mol. The zero-order chi connectivity index (χ0) is 20.3. The van der Waals surface area contributed by atoms with Gasteiger partial charge in [-0.2, -0.15) is 5.10 Å². The van der Waals surface area contributed by atoms with Gasteiger partial charge in [0.2, 0.25) is 0 Å². The molecule has 1 atom stereocenters. The fourth-order valence-electron chi connectivity index (χ4n) is 4.04. The number of amides is 1. The van der Waals surface area contributed by atoms with Crippen LogP contribution in [0, 0.1) is 0 Å². The molecule has 1 aromatic heterocycles. The van der Waals surface area contributed by atoms with Gasteiger partial charge in [-0.05, 0) is 34.4 Å². The lowest BCUT2D eigenvalue weighted by Gasteiger charge is -2.22. The third kappa shape index (κ3) is 3.72. The number of aromatic nitrogens is 2. The van der Waals surface area contributed by atoms with Gasteiger partial charge in [0.15, 0.2) is 0 Å². The third-order valence-electron chi connectivity index (χ3n) is 5.54. The lowest BCUT2D eigenvalue weighted by molar-refractivity contribution is 0.0383. The topological polar surface area (TPSA) is 56.1 Å². The summed E-state index contributed by atoms with van der Waals surface area (Å²) in [5, 5.41) is 9.83. The van der Waals surface area contributed by atoms with E-state index < -0.39 is 0 Å². The molecule has 30 heavy (non-hydrogen) atoms. The van der Waals surface area contributed by atoms with Crippen LogP contribution in [0.2, 0.25) is 0 Å². The van der Waals surface area contributed by atoms with Crippen molar-refractivity contribution in [3.63, 3.8) is 0 Å². The Balaban J connectivity index is 1.31. The predicted octanol–water partition coefficient (Wildman–Crippen LogP) is 4.13. The SMILES string of the molecule is O=C(NC[C@H]1OCCc2cn(Cc3ccccc3)nc21)c1cccc2ccccc12. The molecule has 1 amide bonds. The second kappa shape index (κ2) is 8.13. The molecule has 0 saturated carbocycles. The second-order valence-electron chi connectivity index (χ2n) is 7.57. The number of nitrogens with one attached hydrogen (secondary N) is 1. The maximum Gasteiger partial charge on any atom is 0.252 e. The zero-order valence-corrected chi connectivity index (χ0v) is 16.6. The van der Waals surface area contributed by atoms with Crippen LogP contribution in [0.4, 0.5) is 0 Å². The van der Waals surface area contributed by atoms with Crippen LogP contribution < -0.4 is 5.32 Å². The number of benzene rings is 3. The van der Waals surface area contributed by atoms with E-state index in [1.165, 1.54) is 11.1 Å². The van der Waals surface area contributed by atoms with E-state index in [0.717, 1.165) is 29.4 Å². The van der Waals surface area contributed by atoms with Gasteiger partial charge in [-0.1, -0.05) is 66.7 Å². The molecule has 2 heterocycles. The minimum Gasteiger partial charge on any atom is -0.370 e. The van der Waals surface area contributed by atoms with Crippen LogP contribution in [-0.2, 0) is 17.7 Å². The van der Waals surface area contributed by atoms with Gasteiger partial charge in [0.25, 0.3) is 5.91 Å². The molecule has 150 valence electrons. The normalized spacial score (nSPS) is 15.7. The molecular formula is C25H23N3O2. The summed E-state index contributed by atoms with van der Waals surface area (Å²) in [7, 11) is 0. The van der Waals surface area contributed by atoms with Crippen LogP contribution in [0.15, 0.2) is 79.0 Å². The molecule has 0 spiro atoms. The average molecular weight is 397 g/mol. The van der Waals surface area contributed by atoms with E-state index >= 15 is 0 Å². The molecule has 0 unspecified atom stereocenters. The molecule has 1 aliphatic heterocycles. The Hall–Kier alpha value is -3.44. The smallest absolute Gasteiger partial charge is 0.252 e. The van der Waals surface area contributed by atoms with E-state index in [1.54, 1.807) is 0 Å². The second-order valence-corrected chi connectivity index (χ2v) is 7.57. The number of carbonyl (C=O) groups excluding carboxylic acids is 1. The molecule has 1 N–H and O–H groups in total. The van der Waals surface area contributed by atoms with Gasteiger partial charge in [-0.15, -0.1) is 0 Å². The first-order valence-electron chi connectivity index (χ1n) is 10.3. The first-order chi connectivity index (χ1) is 14.8. The van der Waals surface area contributed by atoms with Gasteiger partial charge in [-0.3, -0.25) is 9.48 Å². The van der Waals surface area contributed by atoms with Crippen LogP contribution in [0.1, 0.15) is 33.3 Å². The Morgan fingerprint density at radius 1 is 1.03 bits per heavy atom. The molecule has 4 aromatic rings. The molecule has 5 rings (SSSR count). The summed E-state index contributed by atoms with van der Waals surface area (Å²) in [6.45, 7) is 1.76. The number of hydrogen-bond acceptors (Lipinski definition) is 3. The van der Waals surface area contributed by atoms with E-state index in [0.29, 0.717) is 18.7 Å². The maximum absolute atomic E-state index is 12.9. The molecule has 0 fully saturated rings. The van der Waals surface area contributed by atoms with E-state index in [2.05, 4.69) is 23.6 Å². The number of rotatable bonds is 5. The molecule has 3 aromatic carbocycles. The maximum atomic E-state index is 12.9. The number of fused-ring (bicyclic) bond motifs is 2. The fourth-order valence-corrected chi connectivity index (χ4v) is 4.04. The Morgan fingerprint density at radius 3 is 2.73 bits per heavy atom. The summed E-state index contributed by atoms with van der Waals surface area (Å²) in [4.78, 5) is 12.9. The predicted molar refractivity (Wildman–Crippen MR) is 116 cm³/mol. The fraction of sp³-hybridized carbons (Fsp3) is 0.200. The van der Waals surface area contributed by atoms with Crippen LogP contribution in [0.25, 0.3) is 10.8 Å². The van der Waals surface area contributed by atoms with Crippen molar-refractivity contribution in [3.05, 3.63) is 101 Å². The zero-order valence-electron chi connectivity index (χ0n) is 16.6. The van der Waals surface area contributed by atoms with Gasteiger partial charge < -0.3 is 10.1 Å². The Morgan fingerprint density at radius 2 is 1.83 bits per heavy atom. The van der Waals surface area contributed by atoms with Crippen molar-refractivity contribution in [1.82, 2.24) is 15.1 Å². The average Bonchev–Trinajstić information content (AvgIpc) is 3.20. The van der Waals surface area contributed by atoms with Crippen molar-refractivity contribution < 1.29 is 9.53 Å². The van der Waals surface area contributed by atoms with Gasteiger partial charge in [0, 0.05) is 18.3 Å². The van der Waals surface area contributed by atoms with Crippen molar-refractivity contribution in [3.8, 4) is 0 Å². The first-order valence-corrected chi connectivity index (χ1v) is 10.3. The summed E-state index contributed by atoms with van der Waals surface area (Å²) in [5.74, 6) is -0.0914. The van der Waals surface area contributed by atoms with Crippen molar-refractivity contribution in [2.45, 2.75) is 19.1 Å². The summed E-state index contributed by atoms with van der Waals surface area (Å²) >= 11 is 0. The van der Waals surface area contributed by atoms with E-state index in [1.807, 2.05) is 65.3 Å². The van der Waals surface area contributed by atoms with Gasteiger partial charge in [0.05, 0.1) is 18.8 Å². The summed E-state index contributed by atoms with van der Waals surface area (Å²) in [6.07, 6.45) is 2.71. The molecule has 0 bridgehead atoms.